The van der Waals surface area contributed by atoms with Crippen LogP contribution in [0.3, 0.4) is 0 Å². The Kier molecular flexibility index (Phi) is 7.21. The lowest BCUT2D eigenvalue weighted by Crippen LogP contribution is -2.36. The predicted octanol–water partition coefficient (Wildman–Crippen LogP) is 1.69. The van der Waals surface area contributed by atoms with Gasteiger partial charge in [-0.1, -0.05) is 13.8 Å². The second-order valence-electron chi connectivity index (χ2n) is 4.64. The third-order valence-electron chi connectivity index (χ3n) is 3.23. The van der Waals surface area contributed by atoms with Gasteiger partial charge in [0.1, 0.15) is 0 Å². The van der Waals surface area contributed by atoms with Gasteiger partial charge >= 0.3 is 5.97 Å². The highest BCUT2D eigenvalue weighted by Gasteiger charge is 2.12. The molecule has 0 saturated carbocycles. The smallest absolute Gasteiger partial charge is 0.308 e. The molecule has 1 heterocycles. The number of carbonyl (C=O) groups is 1. The Morgan fingerprint density at radius 3 is 2.71 bits per heavy atom. The Labute approximate surface area is 104 Å². The molecule has 0 amide bonds. The van der Waals surface area contributed by atoms with E-state index in [1.165, 1.54) is 0 Å². The predicted molar refractivity (Wildman–Crippen MR) is 66.9 cm³/mol. The van der Waals surface area contributed by atoms with Crippen molar-refractivity contribution in [3.63, 3.8) is 0 Å². The molecule has 0 aromatic carbocycles. The van der Waals surface area contributed by atoms with Gasteiger partial charge in [0.15, 0.2) is 0 Å². The zero-order valence-corrected chi connectivity index (χ0v) is 11.1. The van der Waals surface area contributed by atoms with Crippen molar-refractivity contribution in [1.29, 1.82) is 0 Å². The van der Waals surface area contributed by atoms with Crippen molar-refractivity contribution in [3.05, 3.63) is 0 Å². The maximum atomic E-state index is 11.4. The van der Waals surface area contributed by atoms with Crippen molar-refractivity contribution in [1.82, 2.24) is 4.90 Å². The monoisotopic (exact) mass is 243 g/mol. The summed E-state index contributed by atoms with van der Waals surface area (Å²) in [7, 11) is 0. The first-order chi connectivity index (χ1) is 8.24. The fourth-order valence-electron chi connectivity index (χ4n) is 1.74. The minimum atomic E-state index is -0.0566. The summed E-state index contributed by atoms with van der Waals surface area (Å²) in [5.41, 5.74) is 0. The fraction of sp³-hybridized carbons (Fsp3) is 0.923. The molecular weight excluding hydrogens is 218 g/mol. The number of carbonyl (C=O) groups excluding carboxylic acids is 1. The molecule has 0 aromatic rings. The van der Waals surface area contributed by atoms with Crippen molar-refractivity contribution >= 4 is 5.97 Å². The molecule has 0 N–H and O–H groups in total. The summed E-state index contributed by atoms with van der Waals surface area (Å²) < 4.78 is 10.5. The third kappa shape index (κ3) is 6.03. The Morgan fingerprint density at radius 1 is 1.35 bits per heavy atom. The van der Waals surface area contributed by atoms with Crippen LogP contribution in [0.15, 0.2) is 0 Å². The van der Waals surface area contributed by atoms with Crippen molar-refractivity contribution in [2.75, 3.05) is 39.5 Å². The number of rotatable bonds is 7. The highest BCUT2D eigenvalue weighted by atomic mass is 16.5. The van der Waals surface area contributed by atoms with Crippen LogP contribution in [0.4, 0.5) is 0 Å². The van der Waals surface area contributed by atoms with E-state index in [9.17, 15) is 4.79 Å². The van der Waals surface area contributed by atoms with Crippen LogP contribution in [0.25, 0.3) is 0 Å². The molecule has 4 nitrogen and oxygen atoms in total. The van der Waals surface area contributed by atoms with E-state index in [0.29, 0.717) is 6.61 Å². The lowest BCUT2D eigenvalue weighted by molar-refractivity contribution is -0.148. The van der Waals surface area contributed by atoms with Crippen LogP contribution in [0.2, 0.25) is 0 Å². The van der Waals surface area contributed by atoms with E-state index in [2.05, 4.69) is 4.90 Å². The van der Waals surface area contributed by atoms with E-state index in [-0.39, 0.29) is 11.9 Å². The van der Waals surface area contributed by atoms with E-state index >= 15 is 0 Å². The van der Waals surface area contributed by atoms with Gasteiger partial charge in [-0.15, -0.1) is 0 Å². The van der Waals surface area contributed by atoms with Gasteiger partial charge in [-0.25, -0.2) is 0 Å². The summed E-state index contributed by atoms with van der Waals surface area (Å²) in [6.45, 7) is 9.34. The molecule has 1 atom stereocenters. The van der Waals surface area contributed by atoms with Crippen LogP contribution in [0.5, 0.6) is 0 Å². The molecular formula is C13H25NO3. The van der Waals surface area contributed by atoms with Crippen LogP contribution in [-0.2, 0) is 14.3 Å². The molecule has 4 heteroatoms. The Hall–Kier alpha value is -0.610. The Bertz CT molecular complexity index is 215. The first-order valence-corrected chi connectivity index (χ1v) is 6.70. The van der Waals surface area contributed by atoms with Crippen molar-refractivity contribution < 1.29 is 14.3 Å². The van der Waals surface area contributed by atoms with Gasteiger partial charge in [-0.3, -0.25) is 9.69 Å². The molecule has 0 aliphatic carbocycles. The maximum absolute atomic E-state index is 11.4. The molecule has 0 aromatic heterocycles. The standard InChI is InChI=1S/C13H25NO3/c1-3-12(2)13(15)17-9-5-4-6-14-7-10-16-11-8-14/h12H,3-11H2,1-2H3. The summed E-state index contributed by atoms with van der Waals surface area (Å²) in [5, 5.41) is 0. The summed E-state index contributed by atoms with van der Waals surface area (Å²) >= 11 is 0. The van der Waals surface area contributed by atoms with Crippen molar-refractivity contribution in [3.8, 4) is 0 Å². The molecule has 1 rings (SSSR count). The second kappa shape index (κ2) is 8.48. The number of ether oxygens (including phenoxy) is 2. The average Bonchev–Trinajstić information content (AvgIpc) is 2.38. The van der Waals surface area contributed by atoms with Gasteiger partial charge in [0.2, 0.25) is 0 Å². The molecule has 100 valence electrons. The summed E-state index contributed by atoms with van der Waals surface area (Å²) in [5.74, 6) is -0.0203. The number of morpholine rings is 1. The molecule has 0 bridgehead atoms. The number of unbranched alkanes of at least 4 members (excludes halogenated alkanes) is 1. The van der Waals surface area contributed by atoms with Crippen LogP contribution in [0.1, 0.15) is 33.1 Å². The van der Waals surface area contributed by atoms with Crippen molar-refractivity contribution in [2.24, 2.45) is 5.92 Å². The fourth-order valence-corrected chi connectivity index (χ4v) is 1.74. The molecule has 0 radical (unpaired) electrons. The number of hydrogen-bond donors (Lipinski definition) is 0. The van der Waals surface area contributed by atoms with E-state index in [1.807, 2.05) is 13.8 Å². The van der Waals surface area contributed by atoms with Crippen LogP contribution >= 0.6 is 0 Å². The Balaban J connectivity index is 1.95. The third-order valence-corrected chi connectivity index (χ3v) is 3.23. The average molecular weight is 243 g/mol. The van der Waals surface area contributed by atoms with Crippen molar-refractivity contribution in [2.45, 2.75) is 33.1 Å². The van der Waals surface area contributed by atoms with Gasteiger partial charge in [0, 0.05) is 13.1 Å². The highest BCUT2D eigenvalue weighted by molar-refractivity contribution is 5.71. The summed E-state index contributed by atoms with van der Waals surface area (Å²) in [6, 6.07) is 0. The second-order valence-corrected chi connectivity index (χ2v) is 4.64. The first-order valence-electron chi connectivity index (χ1n) is 6.70. The summed E-state index contributed by atoms with van der Waals surface area (Å²) in [4.78, 5) is 13.8. The molecule has 1 fully saturated rings. The van der Waals surface area contributed by atoms with Crippen LogP contribution < -0.4 is 0 Å². The quantitative estimate of drug-likeness (QED) is 0.504. The first kappa shape index (κ1) is 14.5. The number of hydrogen-bond acceptors (Lipinski definition) is 4. The van der Waals surface area contributed by atoms with E-state index in [1.54, 1.807) is 0 Å². The maximum Gasteiger partial charge on any atom is 0.308 e. The number of nitrogens with zero attached hydrogens (tertiary/aromatic N) is 1. The molecule has 0 spiro atoms. The van der Waals surface area contributed by atoms with Gasteiger partial charge in [-0.2, -0.15) is 0 Å². The van der Waals surface area contributed by atoms with Gasteiger partial charge < -0.3 is 9.47 Å². The minimum absolute atomic E-state index is 0.0363. The minimum Gasteiger partial charge on any atom is -0.465 e. The molecule has 1 aliphatic rings. The largest absolute Gasteiger partial charge is 0.465 e. The zero-order valence-electron chi connectivity index (χ0n) is 11.1. The number of esters is 1. The van der Waals surface area contributed by atoms with E-state index in [0.717, 1.165) is 52.1 Å². The topological polar surface area (TPSA) is 38.8 Å². The molecule has 1 aliphatic heterocycles. The Morgan fingerprint density at radius 2 is 2.06 bits per heavy atom. The van der Waals surface area contributed by atoms with Gasteiger partial charge in [0.25, 0.3) is 0 Å². The lowest BCUT2D eigenvalue weighted by atomic mass is 10.1. The molecule has 17 heavy (non-hydrogen) atoms. The SMILES string of the molecule is CCC(C)C(=O)OCCCCN1CCOCC1. The normalized spacial score (nSPS) is 18.9. The molecule has 1 unspecified atom stereocenters. The van der Waals surface area contributed by atoms with Gasteiger partial charge in [-0.05, 0) is 25.8 Å². The van der Waals surface area contributed by atoms with Crippen LogP contribution in [0, 0.1) is 5.92 Å². The van der Waals surface area contributed by atoms with E-state index in [4.69, 9.17) is 9.47 Å². The van der Waals surface area contributed by atoms with Crippen LogP contribution in [-0.4, -0.2) is 50.3 Å². The highest BCUT2D eigenvalue weighted by Crippen LogP contribution is 2.05. The summed E-state index contributed by atoms with van der Waals surface area (Å²) in [6.07, 6.45) is 2.90. The zero-order chi connectivity index (χ0) is 12.5. The van der Waals surface area contributed by atoms with E-state index < -0.39 is 0 Å². The van der Waals surface area contributed by atoms with Gasteiger partial charge in [0.05, 0.1) is 25.7 Å². The lowest BCUT2D eigenvalue weighted by Gasteiger charge is -2.26. The molecule has 1 saturated heterocycles.